The van der Waals surface area contributed by atoms with Crippen LogP contribution < -0.4 is 20.1 Å². The highest BCUT2D eigenvalue weighted by molar-refractivity contribution is 7.90. The van der Waals surface area contributed by atoms with Crippen molar-refractivity contribution in [1.82, 2.24) is 0 Å². The van der Waals surface area contributed by atoms with Crippen molar-refractivity contribution >= 4 is 33.2 Å². The number of benzene rings is 2. The lowest BCUT2D eigenvalue weighted by Crippen LogP contribution is -2.25. The number of anilines is 2. The van der Waals surface area contributed by atoms with E-state index in [2.05, 4.69) is 15.0 Å². The Labute approximate surface area is 186 Å². The predicted octanol–water partition coefficient (Wildman–Crippen LogP) is 3.31. The van der Waals surface area contributed by atoms with Gasteiger partial charge in [-0.05, 0) is 38.1 Å². The average molecular weight is 458 g/mol. The molecule has 0 amide bonds. The molecule has 2 aliphatic heterocycles. The third kappa shape index (κ3) is 4.40. The van der Waals surface area contributed by atoms with Crippen LogP contribution in [0.4, 0.5) is 11.4 Å². The lowest BCUT2D eigenvalue weighted by molar-refractivity contribution is -0.137. The van der Waals surface area contributed by atoms with E-state index in [-0.39, 0.29) is 22.9 Å². The SMILES string of the molecule is CCOC(=O)C1=C(C)Nc2ccccc2N/C1=N\S(=O)(=O)c1ccc2c(c1)OCCCO2. The van der Waals surface area contributed by atoms with Gasteiger partial charge in [-0.1, -0.05) is 12.1 Å². The molecule has 168 valence electrons. The van der Waals surface area contributed by atoms with Crippen molar-refractivity contribution in [2.75, 3.05) is 30.5 Å². The standard InChI is InChI=1S/C22H23N3O6S/c1-3-29-22(26)20-14(2)23-16-7-4-5-8-17(16)24-21(20)25-32(27,28)15-9-10-18-19(13-15)31-12-6-11-30-18/h4-5,7-10,13,23H,3,6,11-12H2,1-2H3,(H,24,25). The van der Waals surface area contributed by atoms with Crippen LogP contribution in [-0.4, -0.2) is 40.0 Å². The lowest BCUT2D eigenvalue weighted by atomic mass is 10.2. The molecule has 0 fully saturated rings. The maximum Gasteiger partial charge on any atom is 0.343 e. The van der Waals surface area contributed by atoms with E-state index in [1.807, 2.05) is 6.07 Å². The van der Waals surface area contributed by atoms with Gasteiger partial charge in [-0.25, -0.2) is 4.79 Å². The monoisotopic (exact) mass is 457 g/mol. The maximum atomic E-state index is 13.2. The van der Waals surface area contributed by atoms with Gasteiger partial charge in [-0.3, -0.25) is 0 Å². The molecule has 0 aliphatic carbocycles. The van der Waals surface area contributed by atoms with Crippen molar-refractivity contribution in [3.8, 4) is 11.5 Å². The number of amidine groups is 1. The summed E-state index contributed by atoms with van der Waals surface area (Å²) in [4.78, 5) is 12.6. The van der Waals surface area contributed by atoms with E-state index in [0.29, 0.717) is 48.2 Å². The van der Waals surface area contributed by atoms with Crippen molar-refractivity contribution in [3.05, 3.63) is 53.7 Å². The number of carbonyl (C=O) groups is 1. The summed E-state index contributed by atoms with van der Waals surface area (Å²) in [5, 5.41) is 6.09. The Morgan fingerprint density at radius 1 is 1.06 bits per heavy atom. The molecular formula is C22H23N3O6S. The second-order valence-corrected chi connectivity index (χ2v) is 8.69. The number of ether oxygens (including phenoxy) is 3. The van der Waals surface area contributed by atoms with E-state index >= 15 is 0 Å². The highest BCUT2D eigenvalue weighted by atomic mass is 32.2. The predicted molar refractivity (Wildman–Crippen MR) is 120 cm³/mol. The molecule has 10 heteroatoms. The summed E-state index contributed by atoms with van der Waals surface area (Å²) in [7, 11) is -4.21. The van der Waals surface area contributed by atoms with Crippen LogP contribution >= 0.6 is 0 Å². The van der Waals surface area contributed by atoms with Gasteiger partial charge in [0, 0.05) is 18.2 Å². The van der Waals surface area contributed by atoms with Crippen LogP contribution in [0.3, 0.4) is 0 Å². The fourth-order valence-corrected chi connectivity index (χ4v) is 4.31. The van der Waals surface area contributed by atoms with Crippen LogP contribution in [0.5, 0.6) is 11.5 Å². The van der Waals surface area contributed by atoms with Gasteiger partial charge in [-0.2, -0.15) is 8.42 Å². The first kappa shape index (κ1) is 21.7. The number of nitrogens with zero attached hydrogens (tertiary/aromatic N) is 1. The molecule has 2 N–H and O–H groups in total. The summed E-state index contributed by atoms with van der Waals surface area (Å²) in [6.07, 6.45) is 0.697. The third-order valence-corrected chi connectivity index (χ3v) is 6.09. The molecule has 0 bridgehead atoms. The van der Waals surface area contributed by atoms with Crippen molar-refractivity contribution in [1.29, 1.82) is 0 Å². The minimum atomic E-state index is -4.21. The first-order valence-electron chi connectivity index (χ1n) is 10.1. The van der Waals surface area contributed by atoms with Crippen LogP contribution in [0.2, 0.25) is 0 Å². The summed E-state index contributed by atoms with van der Waals surface area (Å²) < 4.78 is 46.7. The number of sulfonamides is 1. The van der Waals surface area contributed by atoms with E-state index < -0.39 is 16.0 Å². The molecule has 2 aliphatic rings. The molecule has 2 heterocycles. The summed E-state index contributed by atoms with van der Waals surface area (Å²) >= 11 is 0. The first-order valence-corrected chi connectivity index (χ1v) is 11.6. The van der Waals surface area contributed by atoms with E-state index in [1.54, 1.807) is 38.1 Å². The van der Waals surface area contributed by atoms with Crippen LogP contribution in [-0.2, 0) is 19.6 Å². The molecule has 2 aromatic rings. The number of para-hydroxylation sites is 2. The Morgan fingerprint density at radius 3 is 2.47 bits per heavy atom. The fourth-order valence-electron chi connectivity index (χ4n) is 3.33. The van der Waals surface area contributed by atoms with Crippen molar-refractivity contribution in [2.24, 2.45) is 4.40 Å². The zero-order valence-electron chi connectivity index (χ0n) is 17.7. The normalized spacial score (nSPS) is 16.9. The number of esters is 1. The first-order chi connectivity index (χ1) is 15.4. The zero-order chi connectivity index (χ0) is 22.7. The molecule has 0 spiro atoms. The van der Waals surface area contributed by atoms with Gasteiger partial charge >= 0.3 is 5.97 Å². The largest absolute Gasteiger partial charge is 0.490 e. The molecule has 4 rings (SSSR count). The van der Waals surface area contributed by atoms with E-state index in [9.17, 15) is 13.2 Å². The third-order valence-electron chi connectivity index (χ3n) is 4.82. The van der Waals surface area contributed by atoms with Crippen LogP contribution in [0, 0.1) is 0 Å². The molecule has 0 saturated heterocycles. The summed E-state index contributed by atoms with van der Waals surface area (Å²) in [6.45, 7) is 4.37. The topological polar surface area (TPSA) is 115 Å². The number of hydrogen-bond acceptors (Lipinski definition) is 7. The molecular weight excluding hydrogens is 434 g/mol. The second kappa shape index (κ2) is 8.91. The second-order valence-electron chi connectivity index (χ2n) is 7.09. The Hall–Kier alpha value is -3.53. The molecule has 32 heavy (non-hydrogen) atoms. The fraction of sp³-hybridized carbons (Fsp3) is 0.273. The van der Waals surface area contributed by atoms with Gasteiger partial charge in [0.2, 0.25) is 0 Å². The van der Waals surface area contributed by atoms with Gasteiger partial charge in [0.25, 0.3) is 10.0 Å². The van der Waals surface area contributed by atoms with Crippen molar-refractivity contribution in [3.63, 3.8) is 0 Å². The number of hydrogen-bond donors (Lipinski definition) is 2. The average Bonchev–Trinajstić information content (AvgIpc) is 3.06. The van der Waals surface area contributed by atoms with Gasteiger partial charge in [0.15, 0.2) is 17.3 Å². The smallest absolute Gasteiger partial charge is 0.343 e. The number of allylic oxidation sites excluding steroid dienone is 1. The quantitative estimate of drug-likeness (QED) is 0.672. The van der Waals surface area contributed by atoms with Crippen LogP contribution in [0.15, 0.2) is 63.0 Å². The molecule has 0 atom stereocenters. The van der Waals surface area contributed by atoms with E-state index in [1.165, 1.54) is 12.1 Å². The highest BCUT2D eigenvalue weighted by Crippen LogP contribution is 2.33. The van der Waals surface area contributed by atoms with Gasteiger partial charge < -0.3 is 24.8 Å². The Kier molecular flexibility index (Phi) is 6.04. The summed E-state index contributed by atoms with van der Waals surface area (Å²) in [5.74, 6) is -0.0133. The zero-order valence-corrected chi connectivity index (χ0v) is 18.5. The van der Waals surface area contributed by atoms with Crippen molar-refractivity contribution < 1.29 is 27.4 Å². The van der Waals surface area contributed by atoms with Gasteiger partial charge in [0.05, 0.1) is 36.1 Å². The van der Waals surface area contributed by atoms with Gasteiger partial charge in [0.1, 0.15) is 5.57 Å². The summed E-state index contributed by atoms with van der Waals surface area (Å²) in [6, 6.07) is 11.5. The van der Waals surface area contributed by atoms with Crippen molar-refractivity contribution in [2.45, 2.75) is 25.2 Å². The van der Waals surface area contributed by atoms with E-state index in [4.69, 9.17) is 14.2 Å². The molecule has 0 aromatic heterocycles. The Morgan fingerprint density at radius 2 is 1.75 bits per heavy atom. The Balaban J connectivity index is 1.80. The van der Waals surface area contributed by atoms with Crippen LogP contribution in [0.25, 0.3) is 0 Å². The number of carbonyl (C=O) groups excluding carboxylic acids is 1. The molecule has 2 aromatic carbocycles. The molecule has 0 saturated carbocycles. The van der Waals surface area contributed by atoms with Gasteiger partial charge in [-0.15, -0.1) is 4.40 Å². The minimum absolute atomic E-state index is 0.000897. The van der Waals surface area contributed by atoms with E-state index in [0.717, 1.165) is 0 Å². The minimum Gasteiger partial charge on any atom is -0.490 e. The number of rotatable bonds is 4. The number of nitrogens with one attached hydrogen (secondary N) is 2. The van der Waals surface area contributed by atoms with Crippen LogP contribution in [0.1, 0.15) is 20.3 Å². The molecule has 9 nitrogen and oxygen atoms in total. The number of fused-ring (bicyclic) bond motifs is 2. The lowest BCUT2D eigenvalue weighted by Gasteiger charge is -2.13. The molecule has 0 radical (unpaired) electrons. The molecule has 0 unspecified atom stereocenters. The highest BCUT2D eigenvalue weighted by Gasteiger charge is 2.28. The Bertz CT molecular complexity index is 1220. The summed E-state index contributed by atoms with van der Waals surface area (Å²) in [5.41, 5.74) is 1.65. The maximum absolute atomic E-state index is 13.2.